The Balaban J connectivity index is 1.02. The fourth-order valence-corrected chi connectivity index (χ4v) is 11.9. The van der Waals surface area contributed by atoms with E-state index in [0.29, 0.717) is 5.56 Å². The van der Waals surface area contributed by atoms with Gasteiger partial charge in [0.1, 0.15) is 28.8 Å². The first-order valence-electron chi connectivity index (χ1n) is 22.9. The van der Waals surface area contributed by atoms with Gasteiger partial charge in [0.05, 0.1) is 50.9 Å². The highest BCUT2D eigenvalue weighted by atomic mass is 16.5. The summed E-state index contributed by atoms with van der Waals surface area (Å²) in [6.45, 7) is 0. The summed E-state index contributed by atoms with van der Waals surface area (Å²) in [6.07, 6.45) is 1.87. The van der Waals surface area contributed by atoms with Crippen LogP contribution >= 0.6 is 0 Å². The second kappa shape index (κ2) is 14.4. The zero-order valence-electron chi connectivity index (χ0n) is 36.5. The molecule has 0 aliphatic carbocycles. The molecule has 4 aliphatic rings. The highest BCUT2D eigenvalue weighted by Crippen LogP contribution is 2.65. The van der Waals surface area contributed by atoms with E-state index in [9.17, 15) is 5.26 Å². The predicted octanol–water partition coefficient (Wildman–Crippen LogP) is 15.2. The molecule has 4 aliphatic heterocycles. The summed E-state index contributed by atoms with van der Waals surface area (Å²) in [5.74, 6) is 4.07. The molecular weight excluding hydrogens is 833 g/mol. The van der Waals surface area contributed by atoms with E-state index in [-0.39, 0.29) is 0 Å². The lowest BCUT2D eigenvalue weighted by Gasteiger charge is -2.49. The molecule has 0 saturated heterocycles. The molecule has 1 aromatic heterocycles. The van der Waals surface area contributed by atoms with Crippen LogP contribution in [0.2, 0.25) is 0 Å². The summed E-state index contributed by atoms with van der Waals surface area (Å²) in [7, 11) is 0. The largest absolute Gasteiger partial charge is 0.457 e. The summed E-state index contributed by atoms with van der Waals surface area (Å²) < 4.78 is 13.4. The van der Waals surface area contributed by atoms with Gasteiger partial charge >= 0.3 is 0 Å². The molecule has 5 heterocycles. The van der Waals surface area contributed by atoms with Crippen molar-refractivity contribution < 1.29 is 9.47 Å². The Bertz CT molecular complexity index is 3590. The smallest absolute Gasteiger partial charge is 0.145 e. The summed E-state index contributed by atoms with van der Waals surface area (Å²) in [6, 6.07) is 81.3. The maximum Gasteiger partial charge on any atom is 0.145 e. The normalized spacial score (nSPS) is 14.6. The maximum absolute atomic E-state index is 10.6. The van der Waals surface area contributed by atoms with E-state index in [1.807, 2.05) is 48.7 Å². The van der Waals surface area contributed by atoms with Crippen LogP contribution in [0.4, 0.5) is 34.3 Å². The van der Waals surface area contributed by atoms with Gasteiger partial charge in [-0.3, -0.25) is 4.90 Å². The molecular formula is C62H38N4O2. The molecule has 0 fully saturated rings. The van der Waals surface area contributed by atoms with Gasteiger partial charge in [-0.15, -0.1) is 0 Å². The lowest BCUT2D eigenvalue weighted by Crippen LogP contribution is -2.40. The van der Waals surface area contributed by atoms with Crippen LogP contribution in [0.5, 0.6) is 23.0 Å². The number of hydrogen-bond acceptors (Lipinski definition) is 6. The molecule has 0 saturated carbocycles. The number of para-hydroxylation sites is 8. The first kappa shape index (κ1) is 38.1. The number of anilines is 6. The molecule has 6 heteroatoms. The molecule has 0 radical (unpaired) electrons. The first-order chi connectivity index (χ1) is 33.7. The molecule has 68 heavy (non-hydrogen) atoms. The van der Waals surface area contributed by atoms with Crippen molar-refractivity contribution in [1.29, 1.82) is 5.26 Å². The predicted molar refractivity (Wildman–Crippen MR) is 268 cm³/mol. The fourth-order valence-electron chi connectivity index (χ4n) is 11.9. The minimum Gasteiger partial charge on any atom is -0.457 e. The van der Waals surface area contributed by atoms with Gasteiger partial charge in [0, 0.05) is 39.6 Å². The maximum atomic E-state index is 10.6. The average molecular weight is 871 g/mol. The van der Waals surface area contributed by atoms with Crippen LogP contribution in [0.25, 0.3) is 11.1 Å². The van der Waals surface area contributed by atoms with Crippen LogP contribution in [0.1, 0.15) is 50.1 Å². The lowest BCUT2D eigenvalue weighted by molar-refractivity contribution is 0.433. The topological polar surface area (TPSA) is 61.6 Å². The van der Waals surface area contributed by atoms with Crippen molar-refractivity contribution in [2.24, 2.45) is 0 Å². The standard InChI is InChI=1S/C62H38N4O2/c63-39-40-35-36-51(65-52-27-9-1-19-43(52)61(44-20-2-10-28-53(44)65)47-23-5-13-31-56(47)67-57-32-14-6-24-48(57)61)42(38-40)41-18-17-37-64-60(41)66-54-29-11-3-21-45(54)62(46-22-4-12-30-55(46)66)49-25-7-15-33-58(49)68-59-34-16-8-26-50(59)62/h1-38H. The number of benzene rings is 9. The van der Waals surface area contributed by atoms with Crippen LogP contribution in [-0.4, -0.2) is 4.98 Å². The van der Waals surface area contributed by atoms with E-state index in [1.54, 1.807) is 0 Å². The summed E-state index contributed by atoms with van der Waals surface area (Å²) >= 11 is 0. The second-order valence-electron chi connectivity index (χ2n) is 17.6. The van der Waals surface area contributed by atoms with Gasteiger partial charge in [-0.05, 0) is 101 Å². The Morgan fingerprint density at radius 2 is 0.721 bits per heavy atom. The molecule has 14 rings (SSSR count). The van der Waals surface area contributed by atoms with Crippen LogP contribution in [0.15, 0.2) is 231 Å². The third kappa shape index (κ3) is 4.97. The van der Waals surface area contributed by atoms with Gasteiger partial charge in [0.25, 0.3) is 0 Å². The van der Waals surface area contributed by atoms with Crippen molar-refractivity contribution in [3.8, 4) is 40.2 Å². The molecule has 0 atom stereocenters. The number of pyridine rings is 1. The summed E-state index contributed by atoms with van der Waals surface area (Å²) in [5, 5.41) is 10.6. The first-order valence-corrected chi connectivity index (χ1v) is 22.9. The minimum absolute atomic E-state index is 0.551. The van der Waals surface area contributed by atoms with Crippen molar-refractivity contribution >= 4 is 34.3 Å². The Kier molecular flexibility index (Phi) is 8.08. The van der Waals surface area contributed by atoms with E-state index < -0.39 is 10.8 Å². The van der Waals surface area contributed by atoms with E-state index in [0.717, 1.165) is 113 Å². The van der Waals surface area contributed by atoms with Gasteiger partial charge in [0.2, 0.25) is 0 Å². The number of nitriles is 1. The number of nitrogens with zero attached hydrogens (tertiary/aromatic N) is 4. The SMILES string of the molecule is N#Cc1ccc(N2c3ccccc3C3(c4ccccc4Oc4ccccc43)c3ccccc32)c(-c2cccnc2N2c3ccccc3C3(c4ccccc4Oc4ccccc43)c3ccccc32)c1. The van der Waals surface area contributed by atoms with Crippen molar-refractivity contribution in [2.45, 2.75) is 10.8 Å². The van der Waals surface area contributed by atoms with Crippen molar-refractivity contribution in [3.05, 3.63) is 281 Å². The highest BCUT2D eigenvalue weighted by Gasteiger charge is 2.53. The van der Waals surface area contributed by atoms with Crippen LogP contribution in [0.3, 0.4) is 0 Å². The second-order valence-corrected chi connectivity index (χ2v) is 17.6. The molecule has 0 bridgehead atoms. The highest BCUT2D eigenvalue weighted by molar-refractivity contribution is 6.00. The lowest BCUT2D eigenvalue weighted by atomic mass is 9.61. The van der Waals surface area contributed by atoms with E-state index in [1.165, 1.54) is 0 Å². The van der Waals surface area contributed by atoms with Gasteiger partial charge in [0.15, 0.2) is 0 Å². The van der Waals surface area contributed by atoms with Gasteiger partial charge in [-0.2, -0.15) is 5.26 Å². The Hall–Kier alpha value is -9.18. The fraction of sp³-hybridized carbons (Fsp3) is 0.0323. The molecule has 2 spiro atoms. The number of hydrogen-bond donors (Lipinski definition) is 0. The zero-order valence-corrected chi connectivity index (χ0v) is 36.5. The van der Waals surface area contributed by atoms with Crippen LogP contribution < -0.4 is 19.3 Å². The number of aromatic nitrogens is 1. The van der Waals surface area contributed by atoms with E-state index in [2.05, 4.69) is 198 Å². The van der Waals surface area contributed by atoms with Gasteiger partial charge in [-0.25, -0.2) is 4.98 Å². The van der Waals surface area contributed by atoms with E-state index in [4.69, 9.17) is 14.5 Å². The molecule has 9 aromatic carbocycles. The number of ether oxygens (including phenoxy) is 2. The minimum atomic E-state index is -0.700. The quantitative estimate of drug-likeness (QED) is 0.176. The van der Waals surface area contributed by atoms with Crippen molar-refractivity contribution in [2.75, 3.05) is 9.80 Å². The molecule has 0 N–H and O–H groups in total. The molecule has 318 valence electrons. The molecule has 0 amide bonds. The Labute approximate surface area is 393 Å². The summed E-state index contributed by atoms with van der Waals surface area (Å²) in [5.41, 5.74) is 14.7. The van der Waals surface area contributed by atoms with Crippen molar-refractivity contribution in [1.82, 2.24) is 4.98 Å². The van der Waals surface area contributed by atoms with E-state index >= 15 is 0 Å². The molecule has 6 nitrogen and oxygen atoms in total. The monoisotopic (exact) mass is 870 g/mol. The van der Waals surface area contributed by atoms with Gasteiger partial charge in [-0.1, -0.05) is 146 Å². The zero-order chi connectivity index (χ0) is 45.0. The average Bonchev–Trinajstić information content (AvgIpc) is 3.41. The van der Waals surface area contributed by atoms with Crippen LogP contribution in [-0.2, 0) is 10.8 Å². The van der Waals surface area contributed by atoms with Gasteiger partial charge < -0.3 is 14.4 Å². The Morgan fingerprint density at radius 1 is 0.353 bits per heavy atom. The third-order valence-electron chi connectivity index (χ3n) is 14.5. The summed E-state index contributed by atoms with van der Waals surface area (Å²) in [4.78, 5) is 10.0. The molecule has 0 unspecified atom stereocenters. The number of rotatable bonds is 3. The third-order valence-corrected chi connectivity index (χ3v) is 14.5. The molecule has 10 aromatic rings. The number of fused-ring (bicyclic) bond motifs is 16. The Morgan fingerprint density at radius 3 is 1.13 bits per heavy atom. The van der Waals surface area contributed by atoms with Crippen LogP contribution in [0, 0.1) is 11.3 Å². The van der Waals surface area contributed by atoms with Crippen molar-refractivity contribution in [3.63, 3.8) is 0 Å².